The largest absolute Gasteiger partial charge is 0.480 e. The van der Waals surface area contributed by atoms with Crippen molar-refractivity contribution in [3.05, 3.63) is 0 Å². The minimum Gasteiger partial charge on any atom is -0.480 e. The first-order valence-corrected chi connectivity index (χ1v) is 21.2. The van der Waals surface area contributed by atoms with Crippen molar-refractivity contribution in [3.8, 4) is 0 Å². The third-order valence-electron chi connectivity index (χ3n) is 9.57. The van der Waals surface area contributed by atoms with Crippen molar-refractivity contribution in [3.63, 3.8) is 0 Å². The Kier molecular flexibility index (Phi) is 27.1. The van der Waals surface area contributed by atoms with E-state index in [-0.39, 0.29) is 19.0 Å². The zero-order valence-corrected chi connectivity index (χ0v) is 32.9. The second-order valence-corrected chi connectivity index (χ2v) is 15.7. The van der Waals surface area contributed by atoms with E-state index in [0.29, 0.717) is 12.8 Å². The maximum atomic E-state index is 13.2. The zero-order valence-electron chi connectivity index (χ0n) is 32.1. The summed E-state index contributed by atoms with van der Waals surface area (Å²) in [6.45, 7) is 7.38. The van der Waals surface area contributed by atoms with Crippen LogP contribution in [0.25, 0.3) is 0 Å². The monoisotopic (exact) mass is 725 g/mol. The molecule has 1 heterocycles. The number of carbonyl (C=O) groups excluding carboxylic acids is 4. The highest BCUT2D eigenvalue weighted by atomic mass is 32.2. The maximum absolute atomic E-state index is 13.2. The molecular weight excluding hydrogens is 655 g/mol. The van der Waals surface area contributed by atoms with E-state index in [1.165, 1.54) is 110 Å². The SMILES string of the molecule is CCCCCCCCCCCCCCCC(=O)OC(C)COC(=O)C(CCCCCCCCCCCC)SC1CC(=O)N(C(C)C(=O)O)C1=O. The number of unbranched alkanes of at least 4 members (excludes halogenated alkanes) is 21. The van der Waals surface area contributed by atoms with Gasteiger partial charge in [-0.2, -0.15) is 0 Å². The smallest absolute Gasteiger partial charge is 0.326 e. The fraction of sp³-hybridized carbons (Fsp3) is 0.875. The van der Waals surface area contributed by atoms with Gasteiger partial charge < -0.3 is 14.6 Å². The topological polar surface area (TPSA) is 127 Å². The number of ether oxygens (including phenoxy) is 2. The van der Waals surface area contributed by atoms with Crippen LogP contribution in [-0.4, -0.2) is 69.0 Å². The van der Waals surface area contributed by atoms with Crippen molar-refractivity contribution in [2.45, 2.75) is 217 Å². The summed E-state index contributed by atoms with van der Waals surface area (Å²) in [5.74, 6) is -3.18. The third-order valence-corrected chi connectivity index (χ3v) is 11.0. The molecule has 4 unspecified atom stereocenters. The molecule has 9 nitrogen and oxygen atoms in total. The number of amides is 2. The lowest BCUT2D eigenvalue weighted by atomic mass is 10.0. The first-order chi connectivity index (χ1) is 24.1. The minimum atomic E-state index is -1.26. The number of hydrogen-bond acceptors (Lipinski definition) is 8. The third kappa shape index (κ3) is 21.3. The molecule has 50 heavy (non-hydrogen) atoms. The van der Waals surface area contributed by atoms with E-state index in [0.717, 1.165) is 61.6 Å². The summed E-state index contributed by atoms with van der Waals surface area (Å²) < 4.78 is 11.1. The average Bonchev–Trinajstić information content (AvgIpc) is 3.36. The van der Waals surface area contributed by atoms with Gasteiger partial charge in [0.05, 0.1) is 5.25 Å². The Bertz CT molecular complexity index is 960. The highest BCUT2D eigenvalue weighted by Gasteiger charge is 2.45. The van der Waals surface area contributed by atoms with Gasteiger partial charge in [-0.05, 0) is 26.7 Å². The molecule has 1 saturated heterocycles. The van der Waals surface area contributed by atoms with E-state index in [4.69, 9.17) is 9.47 Å². The summed E-state index contributed by atoms with van der Waals surface area (Å²) in [5.41, 5.74) is 0. The summed E-state index contributed by atoms with van der Waals surface area (Å²) in [5, 5.41) is 7.84. The minimum absolute atomic E-state index is 0.0853. The molecule has 1 fully saturated rings. The standard InChI is InChI=1S/C40H71NO8S/c1-5-7-9-11-13-15-17-18-19-21-23-25-27-29-37(43)49-32(3)31-48-40(47)34(28-26-24-22-20-16-14-12-10-8-6-2)50-35-30-36(42)41(38(35)44)33(4)39(45)46/h32-35H,5-31H2,1-4H3,(H,45,46). The van der Waals surface area contributed by atoms with Crippen LogP contribution in [0.15, 0.2) is 0 Å². The summed E-state index contributed by atoms with van der Waals surface area (Å²) in [6, 6.07) is -1.26. The van der Waals surface area contributed by atoms with Crippen LogP contribution < -0.4 is 0 Å². The van der Waals surface area contributed by atoms with Crippen molar-refractivity contribution < 1.29 is 38.6 Å². The van der Waals surface area contributed by atoms with E-state index in [9.17, 15) is 29.1 Å². The van der Waals surface area contributed by atoms with E-state index < -0.39 is 46.4 Å². The van der Waals surface area contributed by atoms with Crippen molar-refractivity contribution >= 4 is 41.5 Å². The zero-order chi connectivity index (χ0) is 37.0. The Morgan fingerprint density at radius 1 is 0.720 bits per heavy atom. The van der Waals surface area contributed by atoms with Crippen molar-refractivity contribution in [2.75, 3.05) is 6.61 Å². The first kappa shape index (κ1) is 45.9. The number of nitrogens with zero attached hydrogens (tertiary/aromatic N) is 1. The molecule has 0 saturated carbocycles. The van der Waals surface area contributed by atoms with Gasteiger partial charge in [0.15, 0.2) is 0 Å². The number of carbonyl (C=O) groups is 5. The molecule has 2 amide bonds. The molecule has 1 N–H and O–H groups in total. The van der Waals surface area contributed by atoms with Crippen LogP contribution in [0.5, 0.6) is 0 Å². The molecule has 0 bridgehead atoms. The van der Waals surface area contributed by atoms with Gasteiger partial charge in [0.25, 0.3) is 0 Å². The fourth-order valence-corrected chi connectivity index (χ4v) is 7.75. The predicted octanol–water partition coefficient (Wildman–Crippen LogP) is 9.96. The molecule has 0 aromatic heterocycles. The molecule has 10 heteroatoms. The van der Waals surface area contributed by atoms with Gasteiger partial charge in [-0.25, -0.2) is 4.79 Å². The van der Waals surface area contributed by atoms with Gasteiger partial charge in [0.1, 0.15) is 24.0 Å². The van der Waals surface area contributed by atoms with Crippen molar-refractivity contribution in [1.29, 1.82) is 0 Å². The highest BCUT2D eigenvalue weighted by molar-refractivity contribution is 8.01. The molecule has 1 rings (SSSR count). The lowest BCUT2D eigenvalue weighted by molar-refractivity contribution is -0.157. The van der Waals surface area contributed by atoms with E-state index >= 15 is 0 Å². The number of imide groups is 1. The Morgan fingerprint density at radius 2 is 1.16 bits per heavy atom. The van der Waals surface area contributed by atoms with E-state index in [1.807, 2.05) is 0 Å². The number of esters is 2. The Morgan fingerprint density at radius 3 is 1.62 bits per heavy atom. The molecule has 0 radical (unpaired) electrons. The van der Waals surface area contributed by atoms with E-state index in [2.05, 4.69) is 13.8 Å². The van der Waals surface area contributed by atoms with Crippen LogP contribution >= 0.6 is 11.8 Å². The van der Waals surface area contributed by atoms with Crippen LogP contribution in [0.2, 0.25) is 0 Å². The van der Waals surface area contributed by atoms with Crippen LogP contribution in [0, 0.1) is 0 Å². The number of aliphatic carboxylic acids is 1. The molecule has 0 aromatic carbocycles. The van der Waals surface area contributed by atoms with Crippen LogP contribution in [0.3, 0.4) is 0 Å². The van der Waals surface area contributed by atoms with Gasteiger partial charge in [0.2, 0.25) is 11.8 Å². The van der Waals surface area contributed by atoms with Gasteiger partial charge in [0, 0.05) is 12.8 Å². The van der Waals surface area contributed by atoms with Crippen LogP contribution in [0.4, 0.5) is 0 Å². The number of rotatable bonds is 33. The van der Waals surface area contributed by atoms with Gasteiger partial charge >= 0.3 is 17.9 Å². The van der Waals surface area contributed by atoms with E-state index in [1.54, 1.807) is 6.92 Å². The Labute approximate surface area is 308 Å². The maximum Gasteiger partial charge on any atom is 0.326 e. The Balaban J connectivity index is 2.43. The van der Waals surface area contributed by atoms with Gasteiger partial charge in [-0.3, -0.25) is 24.1 Å². The molecule has 0 spiro atoms. The average molecular weight is 726 g/mol. The molecule has 1 aliphatic heterocycles. The second-order valence-electron chi connectivity index (χ2n) is 14.3. The molecule has 290 valence electrons. The Hall–Kier alpha value is -2.10. The van der Waals surface area contributed by atoms with Crippen molar-refractivity contribution in [1.82, 2.24) is 4.90 Å². The number of thioether (sulfide) groups is 1. The molecule has 0 aromatic rings. The number of carboxylic acids is 1. The predicted molar refractivity (Wildman–Crippen MR) is 202 cm³/mol. The normalized spacial score (nSPS) is 16.4. The summed E-state index contributed by atoms with van der Waals surface area (Å²) in [7, 11) is 0. The van der Waals surface area contributed by atoms with Crippen LogP contribution in [0.1, 0.15) is 195 Å². The second kappa shape index (κ2) is 29.5. The molecule has 0 aliphatic carbocycles. The van der Waals surface area contributed by atoms with Crippen molar-refractivity contribution in [2.24, 2.45) is 0 Å². The number of carboxylic acid groups (broad SMARTS) is 1. The number of hydrogen-bond donors (Lipinski definition) is 1. The number of likely N-dealkylation sites (tertiary alicyclic amines) is 1. The molecular formula is C40H71NO8S. The summed E-state index contributed by atoms with van der Waals surface area (Å²) >= 11 is 1.09. The highest BCUT2D eigenvalue weighted by Crippen LogP contribution is 2.33. The van der Waals surface area contributed by atoms with Gasteiger partial charge in [-0.1, -0.05) is 155 Å². The summed E-state index contributed by atoms with van der Waals surface area (Å²) in [4.78, 5) is 63.4. The molecule has 1 aliphatic rings. The fourth-order valence-electron chi connectivity index (χ4n) is 6.40. The molecule has 4 atom stereocenters. The quantitative estimate of drug-likeness (QED) is 0.0399. The lowest BCUT2D eigenvalue weighted by Gasteiger charge is -2.21. The summed E-state index contributed by atoms with van der Waals surface area (Å²) in [6.07, 6.45) is 27.6. The lowest BCUT2D eigenvalue weighted by Crippen LogP contribution is -2.43. The van der Waals surface area contributed by atoms with Gasteiger partial charge in [-0.15, -0.1) is 11.8 Å². The van der Waals surface area contributed by atoms with Crippen LogP contribution in [-0.2, 0) is 33.4 Å². The first-order valence-electron chi connectivity index (χ1n) is 20.2.